The predicted octanol–water partition coefficient (Wildman–Crippen LogP) is 3.71. The van der Waals surface area contributed by atoms with Crippen LogP contribution in [0.3, 0.4) is 0 Å². The van der Waals surface area contributed by atoms with Crippen molar-refractivity contribution >= 4 is 35.0 Å². The number of aromatic hydroxyl groups is 1. The van der Waals surface area contributed by atoms with Gasteiger partial charge in [-0.05, 0) is 23.8 Å². The lowest BCUT2D eigenvalue weighted by Crippen LogP contribution is -2.26. The third-order valence-corrected chi connectivity index (χ3v) is 4.37. The average Bonchev–Trinajstić information content (AvgIpc) is 3.08. The largest absolute Gasteiger partial charge is 0.504 e. The van der Waals surface area contributed by atoms with Gasteiger partial charge in [0.05, 0.1) is 11.9 Å². The van der Waals surface area contributed by atoms with Gasteiger partial charge in [0.15, 0.2) is 5.75 Å². The fourth-order valence-electron chi connectivity index (χ4n) is 2.95. The second-order valence-electron chi connectivity index (χ2n) is 5.66. The number of benzene rings is 1. The van der Waals surface area contributed by atoms with Gasteiger partial charge in [0.2, 0.25) is 0 Å². The van der Waals surface area contributed by atoms with Crippen LogP contribution in [0.1, 0.15) is 11.1 Å². The number of rotatable bonds is 3. The molecule has 0 unspecified atom stereocenters. The number of nitrogens with zero attached hydrogens (tertiary/aromatic N) is 5. The molecule has 4 rings (SSSR count). The van der Waals surface area contributed by atoms with Gasteiger partial charge in [-0.3, -0.25) is 4.57 Å². The summed E-state index contributed by atoms with van der Waals surface area (Å²) in [6.45, 7) is 1.20. The summed E-state index contributed by atoms with van der Waals surface area (Å²) >= 11 is 12.2. The summed E-state index contributed by atoms with van der Waals surface area (Å²) in [5.41, 5.74) is 2.47. The number of hydrogen-bond donors (Lipinski definition) is 1. The first-order valence-electron chi connectivity index (χ1n) is 7.55. The van der Waals surface area contributed by atoms with E-state index in [1.54, 1.807) is 23.3 Å². The Morgan fingerprint density at radius 3 is 2.52 bits per heavy atom. The van der Waals surface area contributed by atoms with E-state index in [1.807, 2.05) is 29.2 Å². The van der Waals surface area contributed by atoms with Gasteiger partial charge in [-0.25, -0.2) is 4.98 Å². The number of fused-ring (bicyclic) bond motifs is 1. The normalized spacial score (nSPS) is 13.1. The molecule has 0 saturated carbocycles. The van der Waals surface area contributed by atoms with Gasteiger partial charge in [0.25, 0.3) is 0 Å². The summed E-state index contributed by atoms with van der Waals surface area (Å²) in [6, 6.07) is 5.43. The lowest BCUT2D eigenvalue weighted by atomic mass is 10.1. The van der Waals surface area contributed by atoms with Crippen LogP contribution in [-0.4, -0.2) is 31.4 Å². The molecule has 0 aliphatic carbocycles. The summed E-state index contributed by atoms with van der Waals surface area (Å²) in [4.78, 5) is 6.36. The molecule has 0 radical (unpaired) electrons. The summed E-state index contributed by atoms with van der Waals surface area (Å²) in [5, 5.41) is 19.2. The molecule has 1 aliphatic heterocycles. The van der Waals surface area contributed by atoms with E-state index < -0.39 is 0 Å². The smallest absolute Gasteiger partial charge is 0.158 e. The molecule has 6 nitrogen and oxygen atoms in total. The van der Waals surface area contributed by atoms with E-state index in [0.717, 1.165) is 11.1 Å². The topological polar surface area (TPSA) is 67.1 Å². The Morgan fingerprint density at radius 1 is 1.08 bits per heavy atom. The first-order valence-corrected chi connectivity index (χ1v) is 8.31. The van der Waals surface area contributed by atoms with E-state index in [4.69, 9.17) is 23.2 Å². The van der Waals surface area contributed by atoms with E-state index in [1.165, 1.54) is 6.20 Å². The molecular weight excluding hydrogens is 361 g/mol. The van der Waals surface area contributed by atoms with Crippen LogP contribution in [0, 0.1) is 0 Å². The van der Waals surface area contributed by atoms with Crippen LogP contribution in [0.5, 0.6) is 5.75 Å². The van der Waals surface area contributed by atoms with Crippen molar-refractivity contribution in [2.24, 2.45) is 0 Å². The zero-order chi connectivity index (χ0) is 17.4. The number of halogens is 2. The second-order valence-corrected chi connectivity index (χ2v) is 6.53. The van der Waals surface area contributed by atoms with Crippen LogP contribution in [-0.2, 0) is 6.54 Å². The Balaban J connectivity index is 1.77. The van der Waals surface area contributed by atoms with E-state index in [2.05, 4.69) is 15.2 Å². The predicted molar refractivity (Wildman–Crippen MR) is 97.4 cm³/mol. The van der Waals surface area contributed by atoms with Crippen molar-refractivity contribution in [3.63, 3.8) is 0 Å². The molecule has 0 fully saturated rings. The first kappa shape index (κ1) is 15.9. The fourth-order valence-corrected chi connectivity index (χ4v) is 3.53. The van der Waals surface area contributed by atoms with Crippen LogP contribution in [0.4, 0.5) is 5.69 Å². The van der Waals surface area contributed by atoms with Crippen molar-refractivity contribution in [2.75, 3.05) is 11.4 Å². The Bertz CT molecular complexity index is 936. The van der Waals surface area contributed by atoms with Gasteiger partial charge in [-0.2, -0.15) is 0 Å². The summed E-state index contributed by atoms with van der Waals surface area (Å²) in [7, 11) is 0. The summed E-state index contributed by atoms with van der Waals surface area (Å²) in [6.07, 6.45) is 8.54. The van der Waals surface area contributed by atoms with Crippen molar-refractivity contribution in [3.8, 4) is 11.6 Å². The van der Waals surface area contributed by atoms with Gasteiger partial charge >= 0.3 is 0 Å². The van der Waals surface area contributed by atoms with Gasteiger partial charge in [0, 0.05) is 28.7 Å². The molecule has 25 heavy (non-hydrogen) atoms. The first-order chi connectivity index (χ1) is 12.1. The Labute approximate surface area is 154 Å². The Morgan fingerprint density at radius 2 is 1.80 bits per heavy atom. The maximum Gasteiger partial charge on any atom is 0.158 e. The number of anilines is 1. The van der Waals surface area contributed by atoms with Crippen molar-refractivity contribution in [2.45, 2.75) is 6.54 Å². The number of aromatic nitrogens is 4. The molecule has 126 valence electrons. The van der Waals surface area contributed by atoms with Gasteiger partial charge in [-0.1, -0.05) is 35.4 Å². The Hall–Kier alpha value is -2.57. The second kappa shape index (κ2) is 6.38. The maximum atomic E-state index is 10.4. The van der Waals surface area contributed by atoms with E-state index >= 15 is 0 Å². The molecule has 0 saturated heterocycles. The minimum absolute atomic E-state index is 0.115. The van der Waals surface area contributed by atoms with Crippen LogP contribution in [0.15, 0.2) is 43.1 Å². The molecule has 3 aromatic rings. The van der Waals surface area contributed by atoms with Crippen LogP contribution in [0.2, 0.25) is 10.0 Å². The molecule has 2 aromatic heterocycles. The van der Waals surface area contributed by atoms with Gasteiger partial charge in [0.1, 0.15) is 18.5 Å². The van der Waals surface area contributed by atoms with Crippen LogP contribution < -0.4 is 4.90 Å². The summed E-state index contributed by atoms with van der Waals surface area (Å²) in [5.74, 6) is 0.771. The zero-order valence-electron chi connectivity index (χ0n) is 13.0. The van der Waals surface area contributed by atoms with Crippen molar-refractivity contribution in [1.82, 2.24) is 19.7 Å². The van der Waals surface area contributed by atoms with Gasteiger partial charge in [-0.15, -0.1) is 10.2 Å². The number of pyridine rings is 1. The quantitative estimate of drug-likeness (QED) is 0.757. The molecule has 1 N–H and O–H groups in total. The molecule has 8 heteroatoms. The molecule has 3 heterocycles. The highest BCUT2D eigenvalue weighted by Gasteiger charge is 2.22. The van der Waals surface area contributed by atoms with Crippen LogP contribution >= 0.6 is 23.2 Å². The third kappa shape index (κ3) is 3.06. The molecule has 0 bridgehead atoms. The number of hydrogen-bond acceptors (Lipinski definition) is 5. The lowest BCUT2D eigenvalue weighted by Gasteiger charge is -2.29. The molecule has 1 aromatic carbocycles. The van der Waals surface area contributed by atoms with E-state index in [-0.39, 0.29) is 5.75 Å². The molecule has 0 amide bonds. The van der Waals surface area contributed by atoms with Gasteiger partial charge < -0.3 is 10.0 Å². The monoisotopic (exact) mass is 373 g/mol. The van der Waals surface area contributed by atoms with Crippen LogP contribution in [0.25, 0.3) is 11.9 Å². The highest BCUT2D eigenvalue weighted by molar-refractivity contribution is 6.34. The average molecular weight is 374 g/mol. The molecule has 0 spiro atoms. The maximum absolute atomic E-state index is 10.4. The van der Waals surface area contributed by atoms with Crippen molar-refractivity contribution < 1.29 is 5.11 Å². The highest BCUT2D eigenvalue weighted by atomic mass is 35.5. The lowest BCUT2D eigenvalue weighted by molar-refractivity contribution is 0.471. The SMILES string of the molecule is Oc1cnc(-n2cnnc2)c2c1N(Cc1cc(Cl)cc(Cl)c1)CC=C2. The fraction of sp³-hybridized carbons (Fsp3) is 0.118. The van der Waals surface area contributed by atoms with Crippen molar-refractivity contribution in [1.29, 1.82) is 0 Å². The summed E-state index contributed by atoms with van der Waals surface area (Å²) < 4.78 is 1.71. The molecule has 1 aliphatic rings. The standard InChI is InChI=1S/C17H13Cl2N5O/c18-12-4-11(5-13(19)6-12)8-23-3-1-2-14-16(23)15(25)7-20-17(14)24-9-21-22-10-24/h1-2,4-7,9-10,25H,3,8H2. The zero-order valence-corrected chi connectivity index (χ0v) is 14.5. The molecular formula is C17H13Cl2N5O. The minimum atomic E-state index is 0.115. The Kier molecular flexibility index (Phi) is 4.07. The minimum Gasteiger partial charge on any atom is -0.504 e. The van der Waals surface area contributed by atoms with Crippen molar-refractivity contribution in [3.05, 3.63) is 64.3 Å². The molecule has 0 atom stereocenters. The highest BCUT2D eigenvalue weighted by Crippen LogP contribution is 2.38. The third-order valence-electron chi connectivity index (χ3n) is 3.93. The van der Waals surface area contributed by atoms with E-state index in [0.29, 0.717) is 34.6 Å². The van der Waals surface area contributed by atoms with E-state index in [9.17, 15) is 5.11 Å².